The molecule has 0 radical (unpaired) electrons. The van der Waals surface area contributed by atoms with Gasteiger partial charge in [-0.05, 0) is 31.0 Å². The molecule has 3 rings (SSSR count). The van der Waals surface area contributed by atoms with Crippen LogP contribution < -0.4 is 5.32 Å². The highest BCUT2D eigenvalue weighted by atomic mass is 16.3. The van der Waals surface area contributed by atoms with Gasteiger partial charge in [-0.3, -0.25) is 9.59 Å². The van der Waals surface area contributed by atoms with Crippen LogP contribution in [0.3, 0.4) is 0 Å². The highest BCUT2D eigenvalue weighted by Gasteiger charge is 2.29. The molecular formula is C16H18N2O4. The summed E-state index contributed by atoms with van der Waals surface area (Å²) in [5, 5.41) is 2.86. The molecule has 22 heavy (non-hydrogen) atoms. The second-order valence-corrected chi connectivity index (χ2v) is 5.40. The fourth-order valence-electron chi connectivity index (χ4n) is 2.68. The average molecular weight is 302 g/mol. The second-order valence-electron chi connectivity index (χ2n) is 5.40. The lowest BCUT2D eigenvalue weighted by atomic mass is 9.96. The van der Waals surface area contributed by atoms with Crippen molar-refractivity contribution in [1.29, 1.82) is 0 Å². The predicted molar refractivity (Wildman–Crippen MR) is 77.9 cm³/mol. The van der Waals surface area contributed by atoms with Gasteiger partial charge in [0.05, 0.1) is 30.6 Å². The van der Waals surface area contributed by atoms with Crippen LogP contribution in [0.15, 0.2) is 45.8 Å². The summed E-state index contributed by atoms with van der Waals surface area (Å²) in [6.07, 6.45) is 6.10. The SMILES string of the molecule is O=C(NCc1ccco1)[C@H]1CCCN(C(=O)c2ccoc2)C1. The Morgan fingerprint density at radius 1 is 1.32 bits per heavy atom. The van der Waals surface area contributed by atoms with Crippen LogP contribution >= 0.6 is 0 Å². The minimum absolute atomic E-state index is 0.0407. The number of nitrogens with zero attached hydrogens (tertiary/aromatic N) is 1. The monoisotopic (exact) mass is 302 g/mol. The van der Waals surface area contributed by atoms with Crippen LogP contribution in [0.1, 0.15) is 29.0 Å². The smallest absolute Gasteiger partial charge is 0.257 e. The number of carbonyl (C=O) groups excluding carboxylic acids is 2. The van der Waals surface area contributed by atoms with E-state index in [9.17, 15) is 9.59 Å². The quantitative estimate of drug-likeness (QED) is 0.937. The number of carbonyl (C=O) groups is 2. The van der Waals surface area contributed by atoms with Gasteiger partial charge in [-0.1, -0.05) is 0 Å². The minimum atomic E-state index is -0.181. The Morgan fingerprint density at radius 3 is 2.95 bits per heavy atom. The molecule has 1 aliphatic heterocycles. The van der Waals surface area contributed by atoms with Crippen molar-refractivity contribution in [2.45, 2.75) is 19.4 Å². The van der Waals surface area contributed by atoms with Crippen LogP contribution in [0.25, 0.3) is 0 Å². The number of hydrogen-bond donors (Lipinski definition) is 1. The molecule has 6 nitrogen and oxygen atoms in total. The van der Waals surface area contributed by atoms with Crippen LogP contribution in [-0.4, -0.2) is 29.8 Å². The van der Waals surface area contributed by atoms with Crippen LogP contribution in [-0.2, 0) is 11.3 Å². The maximum Gasteiger partial charge on any atom is 0.257 e. The molecular weight excluding hydrogens is 284 g/mol. The number of rotatable bonds is 4. The lowest BCUT2D eigenvalue weighted by Crippen LogP contribution is -2.45. The van der Waals surface area contributed by atoms with Gasteiger partial charge < -0.3 is 19.1 Å². The Bertz CT molecular complexity index is 619. The van der Waals surface area contributed by atoms with Crippen molar-refractivity contribution in [3.05, 3.63) is 48.3 Å². The first kappa shape index (κ1) is 14.4. The lowest BCUT2D eigenvalue weighted by molar-refractivity contribution is -0.126. The molecule has 0 aliphatic carbocycles. The number of piperidine rings is 1. The Labute approximate surface area is 128 Å². The van der Waals surface area contributed by atoms with E-state index in [0.29, 0.717) is 25.2 Å². The fraction of sp³-hybridized carbons (Fsp3) is 0.375. The molecule has 3 heterocycles. The van der Waals surface area contributed by atoms with E-state index in [2.05, 4.69) is 5.32 Å². The summed E-state index contributed by atoms with van der Waals surface area (Å²) in [7, 11) is 0. The highest BCUT2D eigenvalue weighted by Crippen LogP contribution is 2.19. The van der Waals surface area contributed by atoms with Crippen molar-refractivity contribution in [1.82, 2.24) is 10.2 Å². The topological polar surface area (TPSA) is 75.7 Å². The van der Waals surface area contributed by atoms with Crippen LogP contribution in [0.4, 0.5) is 0 Å². The van der Waals surface area contributed by atoms with Gasteiger partial charge in [0.15, 0.2) is 0 Å². The van der Waals surface area contributed by atoms with E-state index in [1.54, 1.807) is 23.3 Å². The van der Waals surface area contributed by atoms with E-state index in [0.717, 1.165) is 18.6 Å². The second kappa shape index (κ2) is 6.51. The van der Waals surface area contributed by atoms with Gasteiger partial charge in [-0.25, -0.2) is 0 Å². The zero-order valence-corrected chi connectivity index (χ0v) is 12.2. The van der Waals surface area contributed by atoms with Gasteiger partial charge in [0.1, 0.15) is 12.0 Å². The molecule has 0 spiro atoms. The predicted octanol–water partition coefficient (Wildman–Crippen LogP) is 2.04. The molecule has 2 amide bonds. The van der Waals surface area contributed by atoms with Crippen LogP contribution in [0.5, 0.6) is 0 Å². The van der Waals surface area contributed by atoms with Crippen molar-refractivity contribution >= 4 is 11.8 Å². The Morgan fingerprint density at radius 2 is 2.23 bits per heavy atom. The third-order valence-corrected chi connectivity index (χ3v) is 3.86. The normalized spacial score (nSPS) is 18.2. The molecule has 1 N–H and O–H groups in total. The van der Waals surface area contributed by atoms with Crippen molar-refractivity contribution in [2.24, 2.45) is 5.92 Å². The molecule has 1 aliphatic rings. The molecule has 116 valence electrons. The zero-order chi connectivity index (χ0) is 15.4. The number of likely N-dealkylation sites (tertiary alicyclic amines) is 1. The Hall–Kier alpha value is -2.50. The number of nitrogens with one attached hydrogen (secondary N) is 1. The summed E-state index contributed by atoms with van der Waals surface area (Å²) in [4.78, 5) is 26.2. The molecule has 1 atom stereocenters. The van der Waals surface area contributed by atoms with Crippen molar-refractivity contribution in [3.63, 3.8) is 0 Å². The lowest BCUT2D eigenvalue weighted by Gasteiger charge is -2.31. The summed E-state index contributed by atoms with van der Waals surface area (Å²) in [5.74, 6) is 0.411. The van der Waals surface area contributed by atoms with E-state index in [1.807, 2.05) is 6.07 Å². The molecule has 0 unspecified atom stereocenters. The Balaban J connectivity index is 1.55. The molecule has 0 bridgehead atoms. The van der Waals surface area contributed by atoms with E-state index in [-0.39, 0.29) is 17.7 Å². The molecule has 1 fully saturated rings. The third kappa shape index (κ3) is 3.21. The van der Waals surface area contributed by atoms with E-state index >= 15 is 0 Å². The van der Waals surface area contributed by atoms with Gasteiger partial charge in [-0.15, -0.1) is 0 Å². The zero-order valence-electron chi connectivity index (χ0n) is 12.2. The summed E-state index contributed by atoms with van der Waals surface area (Å²) in [5.41, 5.74) is 0.525. The summed E-state index contributed by atoms with van der Waals surface area (Å²) in [6.45, 7) is 1.48. The fourth-order valence-corrected chi connectivity index (χ4v) is 2.68. The summed E-state index contributed by atoms with van der Waals surface area (Å²) < 4.78 is 10.1. The molecule has 1 saturated heterocycles. The molecule has 0 saturated carbocycles. The number of hydrogen-bond acceptors (Lipinski definition) is 4. The summed E-state index contributed by atoms with van der Waals surface area (Å²) in [6, 6.07) is 5.24. The van der Waals surface area contributed by atoms with Crippen molar-refractivity contribution in [2.75, 3.05) is 13.1 Å². The van der Waals surface area contributed by atoms with Gasteiger partial charge >= 0.3 is 0 Å². The third-order valence-electron chi connectivity index (χ3n) is 3.86. The van der Waals surface area contributed by atoms with E-state index in [1.165, 1.54) is 12.5 Å². The van der Waals surface area contributed by atoms with Gasteiger partial charge in [0, 0.05) is 13.1 Å². The molecule has 6 heteroatoms. The molecule has 0 aromatic carbocycles. The number of furan rings is 2. The number of amides is 2. The Kier molecular flexibility index (Phi) is 4.27. The van der Waals surface area contributed by atoms with Crippen molar-refractivity contribution < 1.29 is 18.4 Å². The maximum atomic E-state index is 12.3. The first-order valence-corrected chi connectivity index (χ1v) is 7.35. The molecule has 2 aromatic heterocycles. The first-order valence-electron chi connectivity index (χ1n) is 7.35. The summed E-state index contributed by atoms with van der Waals surface area (Å²) >= 11 is 0. The van der Waals surface area contributed by atoms with E-state index < -0.39 is 0 Å². The highest BCUT2D eigenvalue weighted by molar-refractivity contribution is 5.94. The van der Waals surface area contributed by atoms with Gasteiger partial charge in [0.25, 0.3) is 5.91 Å². The standard InChI is InChI=1S/C16H18N2O4/c19-15(17-9-14-4-2-7-22-14)12-3-1-6-18(10-12)16(20)13-5-8-21-11-13/h2,4-5,7-8,11-12H,1,3,6,9-10H2,(H,17,19)/t12-/m0/s1. The van der Waals surface area contributed by atoms with Gasteiger partial charge in [-0.2, -0.15) is 0 Å². The largest absolute Gasteiger partial charge is 0.472 e. The average Bonchev–Trinajstić information content (AvgIpc) is 3.25. The van der Waals surface area contributed by atoms with Crippen LogP contribution in [0, 0.1) is 5.92 Å². The van der Waals surface area contributed by atoms with Gasteiger partial charge in [0.2, 0.25) is 5.91 Å². The van der Waals surface area contributed by atoms with Crippen molar-refractivity contribution in [3.8, 4) is 0 Å². The van der Waals surface area contributed by atoms with Crippen LogP contribution in [0.2, 0.25) is 0 Å². The first-order chi connectivity index (χ1) is 10.7. The van der Waals surface area contributed by atoms with E-state index in [4.69, 9.17) is 8.83 Å². The minimum Gasteiger partial charge on any atom is -0.472 e. The molecule has 2 aromatic rings. The maximum absolute atomic E-state index is 12.3.